The molecule has 13 heteroatoms. The van der Waals surface area contributed by atoms with E-state index >= 15 is 0 Å². The van der Waals surface area contributed by atoms with Gasteiger partial charge in [-0.15, -0.1) is 0 Å². The SMILES string of the molecule is CCN(C(=O)Oc1ccc(F)cc1)[C@@H]1CN(C(=O)C2CCN(c3ccc(C(F)(F)F)cn3)CC2)C[C@H]1c1ccc(F)c(F)c1. The van der Waals surface area contributed by atoms with Crippen molar-refractivity contribution < 1.29 is 40.7 Å². The quantitative estimate of drug-likeness (QED) is 0.305. The molecule has 2 aromatic carbocycles. The molecule has 2 aliphatic rings. The third kappa shape index (κ3) is 6.76. The van der Waals surface area contributed by atoms with Gasteiger partial charge in [0.15, 0.2) is 11.6 Å². The zero-order valence-corrected chi connectivity index (χ0v) is 23.7. The van der Waals surface area contributed by atoms with Crippen molar-refractivity contribution in [3.8, 4) is 5.75 Å². The fourth-order valence-electron chi connectivity index (χ4n) is 5.87. The van der Waals surface area contributed by atoms with Gasteiger partial charge in [-0.1, -0.05) is 6.07 Å². The van der Waals surface area contributed by atoms with E-state index in [1.807, 2.05) is 4.90 Å². The molecule has 2 amide bonds. The summed E-state index contributed by atoms with van der Waals surface area (Å²) in [7, 11) is 0. The van der Waals surface area contributed by atoms with Gasteiger partial charge in [-0.05, 0) is 73.9 Å². The van der Waals surface area contributed by atoms with Crippen molar-refractivity contribution in [3.05, 3.63) is 89.4 Å². The molecule has 2 saturated heterocycles. The molecule has 0 saturated carbocycles. The van der Waals surface area contributed by atoms with E-state index in [1.165, 1.54) is 29.2 Å². The first-order valence-corrected chi connectivity index (χ1v) is 14.2. The zero-order chi connectivity index (χ0) is 31.6. The lowest BCUT2D eigenvalue weighted by Crippen LogP contribution is -2.47. The molecule has 234 valence electrons. The molecule has 0 spiro atoms. The second kappa shape index (κ2) is 12.7. The topological polar surface area (TPSA) is 66.0 Å². The van der Waals surface area contributed by atoms with Gasteiger partial charge in [-0.3, -0.25) is 4.79 Å². The number of aromatic nitrogens is 1. The number of halogens is 6. The minimum absolute atomic E-state index is 0.121. The number of rotatable bonds is 6. The number of hydrogen-bond acceptors (Lipinski definition) is 5. The van der Waals surface area contributed by atoms with E-state index in [1.54, 1.807) is 11.8 Å². The molecule has 5 rings (SSSR count). The molecule has 0 aliphatic carbocycles. The average molecular weight is 621 g/mol. The maximum absolute atomic E-state index is 14.3. The molecule has 3 aromatic rings. The van der Waals surface area contributed by atoms with Crippen molar-refractivity contribution in [2.24, 2.45) is 5.92 Å². The van der Waals surface area contributed by atoms with Crippen LogP contribution in [-0.4, -0.2) is 65.5 Å². The number of alkyl halides is 3. The van der Waals surface area contributed by atoms with Crippen LogP contribution >= 0.6 is 0 Å². The van der Waals surface area contributed by atoms with Crippen LogP contribution in [0.1, 0.15) is 36.8 Å². The highest BCUT2D eigenvalue weighted by atomic mass is 19.4. The number of nitrogens with zero attached hydrogens (tertiary/aromatic N) is 4. The molecule has 0 N–H and O–H groups in total. The number of carbonyl (C=O) groups is 2. The summed E-state index contributed by atoms with van der Waals surface area (Å²) in [5, 5.41) is 0. The second-order valence-electron chi connectivity index (χ2n) is 10.9. The Morgan fingerprint density at radius 3 is 2.25 bits per heavy atom. The summed E-state index contributed by atoms with van der Waals surface area (Å²) >= 11 is 0. The Balaban J connectivity index is 1.30. The summed E-state index contributed by atoms with van der Waals surface area (Å²) in [5.41, 5.74) is -0.423. The van der Waals surface area contributed by atoms with Gasteiger partial charge in [0.2, 0.25) is 5.91 Å². The number of pyridine rings is 1. The number of hydrogen-bond donors (Lipinski definition) is 0. The molecule has 3 heterocycles. The highest BCUT2D eigenvalue weighted by Crippen LogP contribution is 2.35. The third-order valence-corrected chi connectivity index (χ3v) is 8.21. The van der Waals surface area contributed by atoms with Crippen LogP contribution in [-0.2, 0) is 11.0 Å². The van der Waals surface area contributed by atoms with Crippen molar-refractivity contribution in [1.82, 2.24) is 14.8 Å². The van der Waals surface area contributed by atoms with Gasteiger partial charge in [0.25, 0.3) is 0 Å². The van der Waals surface area contributed by atoms with E-state index in [2.05, 4.69) is 4.98 Å². The largest absolute Gasteiger partial charge is 0.417 e. The Hall–Kier alpha value is -4.29. The van der Waals surface area contributed by atoms with Crippen LogP contribution in [0.15, 0.2) is 60.8 Å². The predicted molar refractivity (Wildman–Crippen MR) is 148 cm³/mol. The molecule has 0 unspecified atom stereocenters. The van der Waals surface area contributed by atoms with Crippen molar-refractivity contribution in [1.29, 1.82) is 0 Å². The summed E-state index contributed by atoms with van der Waals surface area (Å²) in [6.45, 7) is 2.99. The molecule has 7 nitrogen and oxygen atoms in total. The summed E-state index contributed by atoms with van der Waals surface area (Å²) < 4.78 is 85.6. The van der Waals surface area contributed by atoms with Crippen LogP contribution in [0, 0.1) is 23.4 Å². The average Bonchev–Trinajstić information content (AvgIpc) is 3.44. The van der Waals surface area contributed by atoms with E-state index < -0.39 is 47.2 Å². The van der Waals surface area contributed by atoms with Gasteiger partial charge in [0.1, 0.15) is 17.4 Å². The predicted octanol–water partition coefficient (Wildman–Crippen LogP) is 6.25. The van der Waals surface area contributed by atoms with Crippen LogP contribution in [0.25, 0.3) is 0 Å². The van der Waals surface area contributed by atoms with Gasteiger partial charge >= 0.3 is 12.3 Å². The van der Waals surface area contributed by atoms with Crippen LogP contribution in [0.3, 0.4) is 0 Å². The van der Waals surface area contributed by atoms with E-state index in [9.17, 15) is 35.9 Å². The third-order valence-electron chi connectivity index (χ3n) is 8.21. The fraction of sp³-hybridized carbons (Fsp3) is 0.387. The summed E-state index contributed by atoms with van der Waals surface area (Å²) in [6.07, 6.45) is -3.56. The summed E-state index contributed by atoms with van der Waals surface area (Å²) in [5.74, 6) is -3.15. The van der Waals surface area contributed by atoms with E-state index in [-0.39, 0.29) is 37.2 Å². The Bertz CT molecular complexity index is 1480. The van der Waals surface area contributed by atoms with E-state index in [0.29, 0.717) is 37.3 Å². The van der Waals surface area contributed by atoms with Crippen molar-refractivity contribution in [2.45, 2.75) is 37.9 Å². The number of carbonyl (C=O) groups excluding carboxylic acids is 2. The first-order valence-electron chi connectivity index (χ1n) is 14.2. The van der Waals surface area contributed by atoms with Crippen molar-refractivity contribution >= 4 is 17.8 Å². The van der Waals surface area contributed by atoms with Crippen LogP contribution in [0.4, 0.5) is 37.0 Å². The van der Waals surface area contributed by atoms with Crippen molar-refractivity contribution in [3.63, 3.8) is 0 Å². The first-order chi connectivity index (χ1) is 20.9. The number of benzene rings is 2. The number of likely N-dealkylation sites (tertiary alicyclic amines) is 1. The Morgan fingerprint density at radius 1 is 0.955 bits per heavy atom. The fourth-order valence-corrected chi connectivity index (χ4v) is 5.87. The first kappa shape index (κ1) is 31.1. The highest BCUT2D eigenvalue weighted by molar-refractivity contribution is 5.80. The lowest BCUT2D eigenvalue weighted by atomic mass is 9.93. The van der Waals surface area contributed by atoms with E-state index in [4.69, 9.17) is 4.74 Å². The summed E-state index contributed by atoms with van der Waals surface area (Å²) in [4.78, 5) is 35.7. The van der Waals surface area contributed by atoms with E-state index in [0.717, 1.165) is 36.5 Å². The van der Waals surface area contributed by atoms with Gasteiger partial charge in [0, 0.05) is 50.8 Å². The number of likely N-dealkylation sites (N-methyl/N-ethyl adjacent to an activating group) is 1. The number of amides is 2. The Kier molecular flexibility index (Phi) is 9.02. The minimum atomic E-state index is -4.48. The van der Waals surface area contributed by atoms with Gasteiger partial charge in [-0.2, -0.15) is 13.2 Å². The smallest absolute Gasteiger partial charge is 0.410 e. The van der Waals surface area contributed by atoms with Gasteiger partial charge < -0.3 is 19.4 Å². The second-order valence-corrected chi connectivity index (χ2v) is 10.9. The Morgan fingerprint density at radius 2 is 1.66 bits per heavy atom. The molecule has 2 aliphatic heterocycles. The number of anilines is 1. The molecule has 0 bridgehead atoms. The molecule has 2 atom stereocenters. The Labute approximate surface area is 250 Å². The van der Waals surface area contributed by atoms with Gasteiger partial charge in [-0.25, -0.2) is 22.9 Å². The molecule has 1 aromatic heterocycles. The zero-order valence-electron chi connectivity index (χ0n) is 23.7. The lowest BCUT2D eigenvalue weighted by Gasteiger charge is -2.34. The van der Waals surface area contributed by atoms with Crippen molar-refractivity contribution in [2.75, 3.05) is 37.6 Å². The molecule has 0 radical (unpaired) electrons. The monoisotopic (exact) mass is 620 g/mol. The number of ether oxygens (including phenoxy) is 1. The standard InChI is InChI=1S/C31H30F6N4O3/c1-2-41(30(43)44-23-7-5-22(32)6-8-23)27-18-40(17-24(27)20-3-9-25(33)26(34)15-20)29(42)19-11-13-39(14-12-19)28-10-4-21(16-38-28)31(35,36)37/h3-10,15-16,19,24,27H,2,11-14,17-18H2,1H3/t24-,27+/m0/s1. The maximum atomic E-state index is 14.3. The minimum Gasteiger partial charge on any atom is -0.410 e. The number of piperidine rings is 1. The highest BCUT2D eigenvalue weighted by Gasteiger charge is 2.43. The molecular formula is C31H30F6N4O3. The normalized spacial score (nSPS) is 19.2. The van der Waals surface area contributed by atoms with Gasteiger partial charge in [0.05, 0.1) is 11.6 Å². The van der Waals surface area contributed by atoms with Crippen LogP contribution in [0.2, 0.25) is 0 Å². The molecule has 44 heavy (non-hydrogen) atoms. The van der Waals surface area contributed by atoms with Crippen LogP contribution in [0.5, 0.6) is 5.75 Å². The maximum Gasteiger partial charge on any atom is 0.417 e. The lowest BCUT2D eigenvalue weighted by molar-refractivity contribution is -0.138. The van der Waals surface area contributed by atoms with Crippen LogP contribution < -0.4 is 9.64 Å². The summed E-state index contributed by atoms with van der Waals surface area (Å²) in [6, 6.07) is 10.1. The molecular weight excluding hydrogens is 590 g/mol. The molecule has 2 fully saturated rings.